The van der Waals surface area contributed by atoms with E-state index in [1.54, 1.807) is 6.07 Å². The molecule has 3 heteroatoms. The molecule has 0 fully saturated rings. The predicted octanol–water partition coefficient (Wildman–Crippen LogP) is 8.69. The minimum absolute atomic E-state index is 0.0869. The molecule has 0 saturated carbocycles. The van der Waals surface area contributed by atoms with E-state index >= 15 is 0 Å². The zero-order valence-corrected chi connectivity index (χ0v) is 19.4. The molecule has 29 heavy (non-hydrogen) atoms. The number of rotatable bonds is 1. The van der Waals surface area contributed by atoms with E-state index in [4.69, 9.17) is 23.2 Å². The molecule has 4 rings (SSSR count). The van der Waals surface area contributed by atoms with Crippen molar-refractivity contribution in [1.29, 1.82) is 0 Å². The van der Waals surface area contributed by atoms with Crippen LogP contribution >= 0.6 is 23.2 Å². The predicted molar refractivity (Wildman–Crippen MR) is 128 cm³/mol. The van der Waals surface area contributed by atoms with E-state index in [1.807, 2.05) is 12.1 Å². The second-order valence-electron chi connectivity index (χ2n) is 9.93. The number of benzene rings is 3. The SMILES string of the molecule is CC(C)(C)c1ccc2c(c1)c1cc(C(C)(C)C)ccc1n2-c1cc(Cl)cc(Cl)c1. The molecule has 0 aliphatic heterocycles. The number of nitrogens with zero attached hydrogens (tertiary/aromatic N) is 1. The van der Waals surface area contributed by atoms with E-state index in [0.29, 0.717) is 10.0 Å². The smallest absolute Gasteiger partial charge is 0.0541 e. The fraction of sp³-hybridized carbons (Fsp3) is 0.308. The van der Waals surface area contributed by atoms with Gasteiger partial charge in [0.05, 0.1) is 11.0 Å². The molecule has 1 heterocycles. The third-order valence-corrected chi connectivity index (χ3v) is 6.04. The summed E-state index contributed by atoms with van der Waals surface area (Å²) in [7, 11) is 0. The van der Waals surface area contributed by atoms with Crippen molar-refractivity contribution < 1.29 is 0 Å². The number of hydrogen-bond acceptors (Lipinski definition) is 0. The van der Waals surface area contributed by atoms with Crippen molar-refractivity contribution in [1.82, 2.24) is 4.57 Å². The molecule has 0 saturated heterocycles. The lowest BCUT2D eigenvalue weighted by atomic mass is 9.85. The summed E-state index contributed by atoms with van der Waals surface area (Å²) in [5.74, 6) is 0. The summed E-state index contributed by atoms with van der Waals surface area (Å²) in [6.07, 6.45) is 0. The van der Waals surface area contributed by atoms with E-state index in [1.165, 1.54) is 21.9 Å². The quantitative estimate of drug-likeness (QED) is 0.288. The number of halogens is 2. The highest BCUT2D eigenvalue weighted by molar-refractivity contribution is 6.35. The van der Waals surface area contributed by atoms with E-state index in [2.05, 4.69) is 82.5 Å². The number of hydrogen-bond donors (Lipinski definition) is 0. The van der Waals surface area contributed by atoms with E-state index < -0.39 is 0 Å². The van der Waals surface area contributed by atoms with E-state index in [-0.39, 0.29) is 10.8 Å². The van der Waals surface area contributed by atoms with Gasteiger partial charge in [0.25, 0.3) is 0 Å². The second-order valence-corrected chi connectivity index (χ2v) is 10.8. The van der Waals surface area contributed by atoms with Crippen molar-refractivity contribution in [2.75, 3.05) is 0 Å². The number of fused-ring (bicyclic) bond motifs is 3. The highest BCUT2D eigenvalue weighted by atomic mass is 35.5. The average molecular weight is 424 g/mol. The lowest BCUT2D eigenvalue weighted by Gasteiger charge is -2.19. The van der Waals surface area contributed by atoms with Crippen molar-refractivity contribution in [2.45, 2.75) is 52.4 Å². The van der Waals surface area contributed by atoms with Crippen LogP contribution < -0.4 is 0 Å². The monoisotopic (exact) mass is 423 g/mol. The van der Waals surface area contributed by atoms with Crippen LogP contribution in [0.5, 0.6) is 0 Å². The van der Waals surface area contributed by atoms with Gasteiger partial charge in [0, 0.05) is 26.5 Å². The van der Waals surface area contributed by atoms with E-state index in [9.17, 15) is 0 Å². The minimum Gasteiger partial charge on any atom is -0.309 e. The Morgan fingerprint density at radius 3 is 1.38 bits per heavy atom. The van der Waals surface area contributed by atoms with Gasteiger partial charge in [-0.05, 0) is 64.4 Å². The van der Waals surface area contributed by atoms with Gasteiger partial charge in [-0.3, -0.25) is 0 Å². The Bertz CT molecular complexity index is 1140. The molecule has 0 bridgehead atoms. The van der Waals surface area contributed by atoms with Crippen LogP contribution in [0.25, 0.3) is 27.5 Å². The van der Waals surface area contributed by atoms with Crippen LogP contribution in [0.1, 0.15) is 52.7 Å². The first kappa shape index (κ1) is 20.3. The third kappa shape index (κ3) is 3.67. The van der Waals surface area contributed by atoms with Gasteiger partial charge in [-0.2, -0.15) is 0 Å². The molecule has 1 aromatic heterocycles. The normalized spacial score (nSPS) is 12.8. The highest BCUT2D eigenvalue weighted by Crippen LogP contribution is 2.38. The molecule has 0 aliphatic carbocycles. The maximum absolute atomic E-state index is 6.34. The highest BCUT2D eigenvalue weighted by Gasteiger charge is 2.20. The van der Waals surface area contributed by atoms with Crippen molar-refractivity contribution in [3.63, 3.8) is 0 Å². The van der Waals surface area contributed by atoms with Gasteiger partial charge in [-0.1, -0.05) is 76.9 Å². The minimum atomic E-state index is 0.0869. The Balaban J connectivity index is 2.14. The summed E-state index contributed by atoms with van der Waals surface area (Å²) in [6, 6.07) is 19.3. The summed E-state index contributed by atoms with van der Waals surface area (Å²) in [6.45, 7) is 13.5. The largest absolute Gasteiger partial charge is 0.309 e. The van der Waals surface area contributed by atoms with Crippen molar-refractivity contribution in [3.05, 3.63) is 75.8 Å². The summed E-state index contributed by atoms with van der Waals surface area (Å²) >= 11 is 12.7. The molecule has 1 nitrogen and oxygen atoms in total. The second kappa shape index (κ2) is 6.79. The molecule has 0 radical (unpaired) electrons. The lowest BCUT2D eigenvalue weighted by Crippen LogP contribution is -2.10. The molecule has 0 unspecified atom stereocenters. The molecule has 0 N–H and O–H groups in total. The van der Waals surface area contributed by atoms with Crippen LogP contribution in [-0.2, 0) is 10.8 Å². The van der Waals surface area contributed by atoms with Gasteiger partial charge in [0.15, 0.2) is 0 Å². The molecule has 0 atom stereocenters. The zero-order valence-electron chi connectivity index (χ0n) is 17.9. The zero-order chi connectivity index (χ0) is 21.1. The standard InChI is InChI=1S/C26H27Cl2N/c1-25(2,3)16-7-9-23-21(11-16)22-12-17(26(4,5)6)8-10-24(22)29(23)20-14-18(27)13-19(28)15-20/h7-15H,1-6H3. The van der Waals surface area contributed by atoms with Crippen molar-refractivity contribution in [2.24, 2.45) is 0 Å². The van der Waals surface area contributed by atoms with Crippen LogP contribution in [0.3, 0.4) is 0 Å². The maximum Gasteiger partial charge on any atom is 0.0541 e. The van der Waals surface area contributed by atoms with Crippen LogP contribution in [0.2, 0.25) is 10.0 Å². The Morgan fingerprint density at radius 2 is 1.00 bits per heavy atom. The van der Waals surface area contributed by atoms with Crippen molar-refractivity contribution >= 4 is 45.0 Å². The first-order valence-electron chi connectivity index (χ1n) is 10.0. The Hall–Kier alpha value is -1.96. The van der Waals surface area contributed by atoms with Gasteiger partial charge in [0.1, 0.15) is 0 Å². The Labute approximate surface area is 183 Å². The van der Waals surface area contributed by atoms with Crippen LogP contribution in [0, 0.1) is 0 Å². The van der Waals surface area contributed by atoms with Gasteiger partial charge >= 0.3 is 0 Å². The average Bonchev–Trinajstić information content (AvgIpc) is 2.92. The van der Waals surface area contributed by atoms with Gasteiger partial charge < -0.3 is 4.57 Å². The number of aromatic nitrogens is 1. The summed E-state index contributed by atoms with van der Waals surface area (Å²) < 4.78 is 2.27. The topological polar surface area (TPSA) is 4.93 Å². The molecule has 4 aromatic rings. The molecule has 0 aliphatic rings. The Kier molecular flexibility index (Phi) is 4.76. The fourth-order valence-electron chi connectivity index (χ4n) is 3.90. The van der Waals surface area contributed by atoms with Crippen LogP contribution in [0.15, 0.2) is 54.6 Å². The molecule has 0 amide bonds. The summed E-state index contributed by atoms with van der Waals surface area (Å²) in [4.78, 5) is 0. The first-order chi connectivity index (χ1) is 13.4. The molecule has 150 valence electrons. The third-order valence-electron chi connectivity index (χ3n) is 5.60. The summed E-state index contributed by atoms with van der Waals surface area (Å²) in [5.41, 5.74) is 6.14. The van der Waals surface area contributed by atoms with Crippen molar-refractivity contribution in [3.8, 4) is 5.69 Å². The van der Waals surface area contributed by atoms with Gasteiger partial charge in [-0.25, -0.2) is 0 Å². The molecular weight excluding hydrogens is 397 g/mol. The molecule has 0 spiro atoms. The Morgan fingerprint density at radius 1 is 0.586 bits per heavy atom. The lowest BCUT2D eigenvalue weighted by molar-refractivity contribution is 0.590. The van der Waals surface area contributed by atoms with Crippen LogP contribution in [-0.4, -0.2) is 4.57 Å². The molecular formula is C26H27Cl2N. The van der Waals surface area contributed by atoms with E-state index in [0.717, 1.165) is 16.7 Å². The first-order valence-corrected chi connectivity index (χ1v) is 10.8. The summed E-state index contributed by atoms with van der Waals surface area (Å²) in [5, 5.41) is 3.80. The van der Waals surface area contributed by atoms with Gasteiger partial charge in [0.2, 0.25) is 0 Å². The fourth-order valence-corrected chi connectivity index (χ4v) is 4.42. The van der Waals surface area contributed by atoms with Crippen LogP contribution in [0.4, 0.5) is 0 Å². The van der Waals surface area contributed by atoms with Gasteiger partial charge in [-0.15, -0.1) is 0 Å². The molecule has 3 aromatic carbocycles. The maximum atomic E-state index is 6.34.